The van der Waals surface area contributed by atoms with Crippen LogP contribution in [0.3, 0.4) is 0 Å². The van der Waals surface area contributed by atoms with Gasteiger partial charge < -0.3 is 29.4 Å². The van der Waals surface area contributed by atoms with Crippen molar-refractivity contribution in [2.24, 2.45) is 5.73 Å². The van der Waals surface area contributed by atoms with Crippen LogP contribution >= 0.6 is 12.4 Å². The number of hydrogen-bond acceptors (Lipinski definition) is 10. The third-order valence-electron chi connectivity index (χ3n) is 3.03. The predicted octanol–water partition coefficient (Wildman–Crippen LogP) is -0.550. The molecule has 0 bridgehead atoms. The molecule has 0 aromatic carbocycles. The maximum atomic E-state index is 11.3. The lowest BCUT2D eigenvalue weighted by atomic mass is 9.97. The summed E-state index contributed by atoms with van der Waals surface area (Å²) < 4.78 is 25.5. The van der Waals surface area contributed by atoms with Gasteiger partial charge in [0.15, 0.2) is 12.2 Å². The topological polar surface area (TPSA) is 140 Å². The standard InChI is InChI=1S/C14H21NO9.ClH/c1-6(16)20-5-10-12(21-7(2)17)13(22-8(3)18)11(15)14(24-10)23-9(4)19;/h10-14H,5,15H2,1-4H3;1H/t10-,11+,12-,13-,14-;/m0./s1. The van der Waals surface area contributed by atoms with E-state index < -0.39 is 54.5 Å². The van der Waals surface area contributed by atoms with Crippen LogP contribution in [0.4, 0.5) is 0 Å². The Morgan fingerprint density at radius 3 is 1.76 bits per heavy atom. The molecular formula is C14H22ClNO9. The number of esters is 4. The molecule has 0 saturated carbocycles. The molecule has 2 N–H and O–H groups in total. The lowest BCUT2D eigenvalue weighted by Crippen LogP contribution is -2.65. The van der Waals surface area contributed by atoms with Gasteiger partial charge in [-0.25, -0.2) is 0 Å². The van der Waals surface area contributed by atoms with Crippen molar-refractivity contribution in [1.82, 2.24) is 0 Å². The van der Waals surface area contributed by atoms with E-state index in [1.165, 1.54) is 6.92 Å². The van der Waals surface area contributed by atoms with Gasteiger partial charge in [0.05, 0.1) is 0 Å². The van der Waals surface area contributed by atoms with Gasteiger partial charge in [-0.2, -0.15) is 0 Å². The van der Waals surface area contributed by atoms with Crippen molar-refractivity contribution in [3.8, 4) is 0 Å². The van der Waals surface area contributed by atoms with Gasteiger partial charge in [0.1, 0.15) is 18.8 Å². The average Bonchev–Trinajstić information content (AvgIpc) is 2.42. The SMILES string of the molecule is CC(=O)OC[C@@H]1O[C@H](OC(C)=O)[C@H](N)[C@H](OC(C)=O)[C@H]1OC(C)=O.Cl. The molecule has 0 radical (unpaired) electrons. The minimum atomic E-state index is -1.26. The maximum absolute atomic E-state index is 11.3. The van der Waals surface area contributed by atoms with E-state index in [4.69, 9.17) is 29.4 Å². The first-order valence-corrected chi connectivity index (χ1v) is 7.18. The molecule has 0 unspecified atom stereocenters. The maximum Gasteiger partial charge on any atom is 0.304 e. The normalized spacial score (nSPS) is 28.1. The zero-order valence-corrected chi connectivity index (χ0v) is 15.1. The number of rotatable bonds is 5. The molecule has 1 aliphatic heterocycles. The minimum Gasteiger partial charge on any atom is -0.463 e. The predicted molar refractivity (Wildman–Crippen MR) is 83.4 cm³/mol. The van der Waals surface area contributed by atoms with E-state index in [2.05, 4.69) is 0 Å². The van der Waals surface area contributed by atoms with Gasteiger partial charge in [-0.15, -0.1) is 12.4 Å². The second-order valence-electron chi connectivity index (χ2n) is 5.18. The van der Waals surface area contributed by atoms with E-state index in [0.29, 0.717) is 0 Å². The van der Waals surface area contributed by atoms with E-state index >= 15 is 0 Å². The Morgan fingerprint density at radius 1 is 0.840 bits per heavy atom. The van der Waals surface area contributed by atoms with Gasteiger partial charge in [-0.1, -0.05) is 0 Å². The number of carbonyl (C=O) groups is 4. The molecular weight excluding hydrogens is 362 g/mol. The summed E-state index contributed by atoms with van der Waals surface area (Å²) in [5.74, 6) is -2.62. The van der Waals surface area contributed by atoms with Crippen LogP contribution in [-0.4, -0.2) is 61.1 Å². The van der Waals surface area contributed by atoms with Crippen molar-refractivity contribution in [3.05, 3.63) is 0 Å². The van der Waals surface area contributed by atoms with Gasteiger partial charge in [-0.05, 0) is 0 Å². The molecule has 1 saturated heterocycles. The molecule has 0 aromatic heterocycles. The van der Waals surface area contributed by atoms with E-state index in [0.717, 1.165) is 20.8 Å². The van der Waals surface area contributed by atoms with Crippen LogP contribution in [0, 0.1) is 0 Å². The molecule has 0 aliphatic carbocycles. The molecule has 0 amide bonds. The first kappa shape index (κ1) is 23.1. The quantitative estimate of drug-likeness (QED) is 0.485. The Labute approximate surface area is 150 Å². The first-order valence-electron chi connectivity index (χ1n) is 7.18. The van der Waals surface area contributed by atoms with E-state index in [1.54, 1.807) is 0 Å². The Balaban J connectivity index is 0.00000576. The molecule has 144 valence electrons. The monoisotopic (exact) mass is 383 g/mol. The number of hydrogen-bond donors (Lipinski definition) is 1. The van der Waals surface area contributed by atoms with E-state index in [9.17, 15) is 19.2 Å². The summed E-state index contributed by atoms with van der Waals surface area (Å²) >= 11 is 0. The third kappa shape index (κ3) is 7.24. The summed E-state index contributed by atoms with van der Waals surface area (Å²) in [5.41, 5.74) is 5.93. The van der Waals surface area contributed by atoms with Crippen molar-refractivity contribution in [2.45, 2.75) is 58.3 Å². The lowest BCUT2D eigenvalue weighted by Gasteiger charge is -2.42. The van der Waals surface area contributed by atoms with Crippen molar-refractivity contribution in [3.63, 3.8) is 0 Å². The molecule has 1 fully saturated rings. The van der Waals surface area contributed by atoms with Gasteiger partial charge in [-0.3, -0.25) is 19.2 Å². The molecule has 25 heavy (non-hydrogen) atoms. The van der Waals surface area contributed by atoms with Crippen LogP contribution in [0.2, 0.25) is 0 Å². The number of halogens is 1. The Hall–Kier alpha value is -1.91. The van der Waals surface area contributed by atoms with Gasteiger partial charge in [0, 0.05) is 27.7 Å². The van der Waals surface area contributed by atoms with Gasteiger partial charge >= 0.3 is 23.9 Å². The summed E-state index contributed by atoms with van der Waals surface area (Å²) in [6.07, 6.45) is -4.58. The van der Waals surface area contributed by atoms with Crippen LogP contribution < -0.4 is 5.73 Å². The third-order valence-corrected chi connectivity index (χ3v) is 3.03. The highest BCUT2D eigenvalue weighted by molar-refractivity contribution is 5.85. The fourth-order valence-corrected chi connectivity index (χ4v) is 2.20. The molecule has 1 aliphatic rings. The van der Waals surface area contributed by atoms with Crippen LogP contribution in [0.1, 0.15) is 27.7 Å². The fourth-order valence-electron chi connectivity index (χ4n) is 2.20. The summed E-state index contributed by atoms with van der Waals surface area (Å²) in [4.78, 5) is 44.9. The molecule has 5 atom stereocenters. The molecule has 1 heterocycles. The number of carbonyl (C=O) groups excluding carboxylic acids is 4. The van der Waals surface area contributed by atoms with Crippen LogP contribution in [-0.2, 0) is 42.9 Å². The summed E-state index contributed by atoms with van der Waals surface area (Å²) in [7, 11) is 0. The van der Waals surface area contributed by atoms with Gasteiger partial charge in [0.2, 0.25) is 6.29 Å². The van der Waals surface area contributed by atoms with Crippen molar-refractivity contribution < 1.29 is 42.9 Å². The lowest BCUT2D eigenvalue weighted by molar-refractivity contribution is -0.267. The summed E-state index contributed by atoms with van der Waals surface area (Å²) in [6.45, 7) is 4.32. The van der Waals surface area contributed by atoms with Crippen molar-refractivity contribution in [1.29, 1.82) is 0 Å². The highest BCUT2D eigenvalue weighted by Crippen LogP contribution is 2.26. The van der Waals surface area contributed by atoms with Crippen LogP contribution in [0.5, 0.6) is 0 Å². The highest BCUT2D eigenvalue weighted by Gasteiger charge is 2.50. The van der Waals surface area contributed by atoms with E-state index in [-0.39, 0.29) is 19.0 Å². The summed E-state index contributed by atoms with van der Waals surface area (Å²) in [6, 6.07) is -1.10. The Kier molecular flexibility index (Phi) is 9.39. The van der Waals surface area contributed by atoms with Crippen LogP contribution in [0.15, 0.2) is 0 Å². The smallest absolute Gasteiger partial charge is 0.304 e. The average molecular weight is 384 g/mol. The highest BCUT2D eigenvalue weighted by atomic mass is 35.5. The van der Waals surface area contributed by atoms with Crippen LogP contribution in [0.25, 0.3) is 0 Å². The number of ether oxygens (including phenoxy) is 5. The Bertz CT molecular complexity index is 497. The van der Waals surface area contributed by atoms with E-state index in [1.807, 2.05) is 0 Å². The largest absolute Gasteiger partial charge is 0.463 e. The molecule has 1 rings (SSSR count). The van der Waals surface area contributed by atoms with Crippen molar-refractivity contribution in [2.75, 3.05) is 6.61 Å². The molecule has 10 nitrogen and oxygen atoms in total. The molecule has 0 aromatic rings. The second kappa shape index (κ2) is 10.2. The summed E-state index contributed by atoms with van der Waals surface area (Å²) in [5, 5.41) is 0. The van der Waals surface area contributed by atoms with Gasteiger partial charge in [0.25, 0.3) is 0 Å². The van der Waals surface area contributed by atoms with Crippen molar-refractivity contribution >= 4 is 36.3 Å². The Morgan fingerprint density at radius 2 is 1.32 bits per heavy atom. The zero-order valence-electron chi connectivity index (χ0n) is 14.3. The first-order chi connectivity index (χ1) is 11.1. The zero-order chi connectivity index (χ0) is 18.4. The number of nitrogens with two attached hydrogens (primary N) is 1. The minimum absolute atomic E-state index is 0. The molecule has 11 heteroatoms. The fraction of sp³-hybridized carbons (Fsp3) is 0.714. The molecule has 0 spiro atoms. The second-order valence-corrected chi connectivity index (χ2v) is 5.18.